The van der Waals surface area contributed by atoms with Gasteiger partial charge in [0.15, 0.2) is 5.82 Å². The number of hydrogen-bond acceptors (Lipinski definition) is 8. The van der Waals surface area contributed by atoms with Crippen molar-refractivity contribution >= 4 is 27.2 Å². The highest BCUT2D eigenvalue weighted by molar-refractivity contribution is 7.92. The van der Waals surface area contributed by atoms with Crippen LogP contribution >= 0.6 is 0 Å². The molecule has 10 nitrogen and oxygen atoms in total. The molecule has 3 unspecified atom stereocenters. The maximum atomic E-state index is 12.8. The van der Waals surface area contributed by atoms with Crippen LogP contribution in [0.4, 0.5) is 24.7 Å². The summed E-state index contributed by atoms with van der Waals surface area (Å²) in [6.07, 6.45) is 3.60. The first-order chi connectivity index (χ1) is 17.0. The highest BCUT2D eigenvalue weighted by atomic mass is 32.2. The second kappa shape index (κ2) is 10.1. The fourth-order valence-corrected chi connectivity index (χ4v) is 5.45. The molecule has 3 atom stereocenters. The predicted molar refractivity (Wildman–Crippen MR) is 122 cm³/mol. The third kappa shape index (κ3) is 5.18. The second-order valence-corrected chi connectivity index (χ2v) is 10.7. The normalized spacial score (nSPS) is 23.7. The van der Waals surface area contributed by atoms with Gasteiger partial charge in [-0.15, -0.1) is 0 Å². The summed E-state index contributed by atoms with van der Waals surface area (Å²) in [5.41, 5.74) is 0.329. The van der Waals surface area contributed by atoms with Crippen LogP contribution in [0.15, 0.2) is 35.4 Å². The summed E-state index contributed by atoms with van der Waals surface area (Å²) in [6, 6.07) is 6.21. The monoisotopic (exact) mass is 526 g/mol. The Hall–Kier alpha value is -3.15. The van der Waals surface area contributed by atoms with Crippen molar-refractivity contribution in [3.05, 3.63) is 36.0 Å². The summed E-state index contributed by atoms with van der Waals surface area (Å²) in [4.78, 5) is 13.5. The Labute approximate surface area is 205 Å². The van der Waals surface area contributed by atoms with E-state index in [-0.39, 0.29) is 35.1 Å². The Kier molecular flexibility index (Phi) is 7.26. The SMILES string of the molecule is N#CC1CC(N2CCOCC2)CCC1n1cc(C(N)=O)c(Nc2ccc(S(=O)(=O)C(F)(F)F)cc2)n1. The fraction of sp³-hybridized carbons (Fsp3) is 0.500. The van der Waals surface area contributed by atoms with E-state index in [9.17, 15) is 31.6 Å². The quantitative estimate of drug-likeness (QED) is 0.585. The van der Waals surface area contributed by atoms with Crippen LogP contribution in [0.5, 0.6) is 0 Å². The number of hydrogen-bond donors (Lipinski definition) is 2. The third-order valence-corrected chi connectivity index (χ3v) is 8.09. The molecule has 2 heterocycles. The van der Waals surface area contributed by atoms with E-state index in [0.717, 1.165) is 43.8 Å². The van der Waals surface area contributed by atoms with Gasteiger partial charge in [0.2, 0.25) is 0 Å². The number of nitrogens with two attached hydrogens (primary N) is 1. The van der Waals surface area contributed by atoms with Crippen molar-refractivity contribution < 1.29 is 31.1 Å². The van der Waals surface area contributed by atoms with E-state index >= 15 is 0 Å². The average Bonchev–Trinajstić information content (AvgIpc) is 3.27. The summed E-state index contributed by atoms with van der Waals surface area (Å²) in [6.45, 7) is 2.96. The van der Waals surface area contributed by atoms with Gasteiger partial charge in [-0.2, -0.15) is 23.5 Å². The summed E-state index contributed by atoms with van der Waals surface area (Å²) < 4.78 is 68.4. The number of benzene rings is 1. The molecule has 0 bridgehead atoms. The van der Waals surface area contributed by atoms with Crippen LogP contribution in [-0.2, 0) is 14.6 Å². The Morgan fingerprint density at radius 1 is 1.19 bits per heavy atom. The van der Waals surface area contributed by atoms with Gasteiger partial charge in [0.1, 0.15) is 5.56 Å². The number of morpholine rings is 1. The second-order valence-electron chi connectivity index (χ2n) is 8.75. The zero-order chi connectivity index (χ0) is 26.1. The lowest BCUT2D eigenvalue weighted by Gasteiger charge is -2.40. The summed E-state index contributed by atoms with van der Waals surface area (Å²) >= 11 is 0. The highest BCUT2D eigenvalue weighted by Gasteiger charge is 2.46. The van der Waals surface area contributed by atoms with E-state index in [1.165, 1.54) is 10.9 Å². The number of rotatable bonds is 6. The van der Waals surface area contributed by atoms with Crippen molar-refractivity contribution in [2.24, 2.45) is 11.7 Å². The number of halogens is 3. The van der Waals surface area contributed by atoms with Gasteiger partial charge in [0.25, 0.3) is 15.7 Å². The third-order valence-electron chi connectivity index (χ3n) is 6.58. The van der Waals surface area contributed by atoms with Crippen LogP contribution in [0.25, 0.3) is 0 Å². The standard InChI is InChI=1S/C22H25F3N6O4S/c23-22(24,25)36(33,34)17-4-1-15(2-5-17)28-21-18(20(27)32)13-31(29-21)19-6-3-16(11-14(19)12-26)30-7-9-35-10-8-30/h1-2,4-5,13-14,16,19H,3,6-11H2,(H2,27,32)(H,28,29). The number of carbonyl (C=O) groups excluding carboxylic acids is 1. The Morgan fingerprint density at radius 2 is 1.86 bits per heavy atom. The molecule has 1 aromatic carbocycles. The van der Waals surface area contributed by atoms with Gasteiger partial charge < -0.3 is 15.8 Å². The van der Waals surface area contributed by atoms with Gasteiger partial charge in [0.05, 0.1) is 36.1 Å². The molecule has 194 valence electrons. The molecule has 2 aliphatic rings. The molecule has 14 heteroatoms. The van der Waals surface area contributed by atoms with Crippen molar-refractivity contribution in [2.75, 3.05) is 31.6 Å². The number of sulfone groups is 1. The molecular weight excluding hydrogens is 501 g/mol. The first-order valence-corrected chi connectivity index (χ1v) is 12.8. The number of nitriles is 1. The smallest absolute Gasteiger partial charge is 0.379 e. The van der Waals surface area contributed by atoms with Crippen LogP contribution in [0.1, 0.15) is 35.7 Å². The Balaban J connectivity index is 1.53. The molecule has 1 saturated heterocycles. The predicted octanol–water partition coefficient (Wildman–Crippen LogP) is 2.58. The molecule has 0 spiro atoms. The minimum absolute atomic E-state index is 0.0361. The summed E-state index contributed by atoms with van der Waals surface area (Å²) in [7, 11) is -5.48. The molecule has 3 N–H and O–H groups in total. The average molecular weight is 527 g/mol. The molecule has 1 aromatic heterocycles. The molecule has 2 fully saturated rings. The first kappa shape index (κ1) is 25.9. The number of aromatic nitrogens is 2. The zero-order valence-electron chi connectivity index (χ0n) is 19.1. The molecule has 36 heavy (non-hydrogen) atoms. The van der Waals surface area contributed by atoms with Gasteiger partial charge in [0, 0.05) is 31.0 Å². The number of ether oxygens (including phenoxy) is 1. The van der Waals surface area contributed by atoms with Gasteiger partial charge >= 0.3 is 5.51 Å². The molecule has 1 saturated carbocycles. The lowest BCUT2D eigenvalue weighted by atomic mass is 9.81. The molecule has 4 rings (SSSR count). The Morgan fingerprint density at radius 3 is 2.44 bits per heavy atom. The number of nitrogens with zero attached hydrogens (tertiary/aromatic N) is 4. The lowest BCUT2D eigenvalue weighted by Crippen LogP contribution is -2.46. The summed E-state index contributed by atoms with van der Waals surface area (Å²) in [5.74, 6) is -1.08. The fourth-order valence-electron chi connectivity index (χ4n) is 4.68. The Bertz CT molecular complexity index is 1250. The van der Waals surface area contributed by atoms with Gasteiger partial charge in [-0.25, -0.2) is 8.42 Å². The first-order valence-electron chi connectivity index (χ1n) is 11.3. The molecule has 1 aliphatic carbocycles. The molecule has 2 aromatic rings. The van der Waals surface area contributed by atoms with E-state index in [1.54, 1.807) is 0 Å². The summed E-state index contributed by atoms with van der Waals surface area (Å²) in [5, 5.41) is 17.1. The minimum atomic E-state index is -5.48. The van der Waals surface area contributed by atoms with Crippen LogP contribution in [0.2, 0.25) is 0 Å². The maximum Gasteiger partial charge on any atom is 0.501 e. The van der Waals surface area contributed by atoms with E-state index < -0.39 is 26.1 Å². The number of anilines is 2. The highest BCUT2D eigenvalue weighted by Crippen LogP contribution is 2.37. The van der Waals surface area contributed by atoms with Gasteiger partial charge in [-0.05, 0) is 43.5 Å². The number of alkyl halides is 3. The van der Waals surface area contributed by atoms with Gasteiger partial charge in [-0.3, -0.25) is 14.4 Å². The van der Waals surface area contributed by atoms with Crippen molar-refractivity contribution in [1.82, 2.24) is 14.7 Å². The molecule has 1 aliphatic heterocycles. The van der Waals surface area contributed by atoms with Crippen LogP contribution < -0.4 is 11.1 Å². The van der Waals surface area contributed by atoms with Crippen LogP contribution in [0.3, 0.4) is 0 Å². The number of primary amides is 1. The zero-order valence-corrected chi connectivity index (χ0v) is 19.9. The maximum absolute atomic E-state index is 12.8. The van der Waals surface area contributed by atoms with E-state index in [0.29, 0.717) is 26.1 Å². The number of carbonyl (C=O) groups is 1. The largest absolute Gasteiger partial charge is 0.501 e. The van der Waals surface area contributed by atoms with E-state index in [1.807, 2.05) is 0 Å². The van der Waals surface area contributed by atoms with Crippen LogP contribution in [-0.4, -0.2) is 66.9 Å². The molecular formula is C22H25F3N6O4S. The van der Waals surface area contributed by atoms with E-state index in [4.69, 9.17) is 10.5 Å². The van der Waals surface area contributed by atoms with E-state index in [2.05, 4.69) is 21.4 Å². The van der Waals surface area contributed by atoms with Crippen molar-refractivity contribution in [3.63, 3.8) is 0 Å². The van der Waals surface area contributed by atoms with Crippen molar-refractivity contribution in [2.45, 2.75) is 41.7 Å². The lowest BCUT2D eigenvalue weighted by molar-refractivity contribution is -0.0436. The van der Waals surface area contributed by atoms with Gasteiger partial charge in [-0.1, -0.05) is 0 Å². The molecule has 1 amide bonds. The molecule has 0 radical (unpaired) electrons. The number of amides is 1. The topological polar surface area (TPSA) is 143 Å². The van der Waals surface area contributed by atoms with Crippen molar-refractivity contribution in [3.8, 4) is 6.07 Å². The van der Waals surface area contributed by atoms with Crippen molar-refractivity contribution in [1.29, 1.82) is 5.26 Å². The van der Waals surface area contributed by atoms with Crippen LogP contribution in [0, 0.1) is 17.2 Å². The number of nitrogens with one attached hydrogen (secondary N) is 1. The minimum Gasteiger partial charge on any atom is -0.379 e.